The Labute approximate surface area is 138 Å². The fraction of sp³-hybridized carbons (Fsp3) is 0.176. The number of Topliss-reactive ketones (excluding diaryl/α,β-unsaturated/α-hetero) is 1. The minimum absolute atomic E-state index is 0.121. The van der Waals surface area contributed by atoms with Crippen LogP contribution in [0.25, 0.3) is 0 Å². The van der Waals surface area contributed by atoms with Crippen LogP contribution in [0.15, 0.2) is 42.5 Å². The molecule has 23 heavy (non-hydrogen) atoms. The molecule has 0 radical (unpaired) electrons. The largest absolute Gasteiger partial charge is 0.456 e. The van der Waals surface area contributed by atoms with E-state index >= 15 is 0 Å². The molecule has 4 nitrogen and oxygen atoms in total. The van der Waals surface area contributed by atoms with Gasteiger partial charge in [-0.3, -0.25) is 4.79 Å². The van der Waals surface area contributed by atoms with Crippen molar-refractivity contribution in [3.63, 3.8) is 0 Å². The lowest BCUT2D eigenvalue weighted by Gasteiger charge is -2.18. The molecule has 0 aliphatic rings. The van der Waals surface area contributed by atoms with E-state index in [1.54, 1.807) is 6.92 Å². The fourth-order valence-electron chi connectivity index (χ4n) is 1.90. The molecule has 0 amide bonds. The van der Waals surface area contributed by atoms with Gasteiger partial charge in [0.15, 0.2) is 0 Å². The maximum atomic E-state index is 13.3. The second-order valence-corrected chi connectivity index (χ2v) is 4.97. The fourth-order valence-corrected chi connectivity index (χ4v) is 2.07. The summed E-state index contributed by atoms with van der Waals surface area (Å²) in [6, 6.07) is 11.6. The van der Waals surface area contributed by atoms with Crippen LogP contribution in [0.2, 0.25) is 5.02 Å². The molecule has 0 N–H and O–H groups in total. The number of halogens is 2. The summed E-state index contributed by atoms with van der Waals surface area (Å²) in [5.41, 5.74) is 0.296. The van der Waals surface area contributed by atoms with Gasteiger partial charge in [-0.05, 0) is 37.3 Å². The summed E-state index contributed by atoms with van der Waals surface area (Å²) in [6.45, 7) is 1.91. The predicted octanol–water partition coefficient (Wildman–Crippen LogP) is 3.98. The number of carbonyl (C=O) groups is 1. The second-order valence-electron chi connectivity index (χ2n) is 4.53. The van der Waals surface area contributed by atoms with E-state index in [1.807, 2.05) is 6.07 Å². The van der Waals surface area contributed by atoms with Gasteiger partial charge in [0.25, 0.3) is 6.29 Å². The van der Waals surface area contributed by atoms with Crippen LogP contribution in [0.1, 0.15) is 22.8 Å². The average Bonchev–Trinajstić information content (AvgIpc) is 2.55. The van der Waals surface area contributed by atoms with Gasteiger partial charge in [0, 0.05) is 17.2 Å². The minimum Gasteiger partial charge on any atom is -0.456 e. The minimum atomic E-state index is -1.28. The molecule has 118 valence electrons. The number of hydrogen-bond acceptors (Lipinski definition) is 4. The first kappa shape index (κ1) is 16.9. The molecule has 1 atom stereocenters. The van der Waals surface area contributed by atoms with Gasteiger partial charge in [-0.1, -0.05) is 23.7 Å². The van der Waals surface area contributed by atoms with Crippen molar-refractivity contribution in [1.29, 1.82) is 5.26 Å². The smallest absolute Gasteiger partial charge is 0.264 e. The van der Waals surface area contributed by atoms with Crippen molar-refractivity contribution in [1.82, 2.24) is 0 Å². The van der Waals surface area contributed by atoms with E-state index < -0.39 is 17.9 Å². The molecular weight excluding hydrogens is 321 g/mol. The molecule has 2 aromatic rings. The molecule has 0 spiro atoms. The van der Waals surface area contributed by atoms with Gasteiger partial charge >= 0.3 is 0 Å². The number of nitrogens with zero attached hydrogens (tertiary/aromatic N) is 1. The van der Waals surface area contributed by atoms with Gasteiger partial charge in [0.1, 0.15) is 17.6 Å². The topological polar surface area (TPSA) is 59.3 Å². The van der Waals surface area contributed by atoms with Gasteiger partial charge in [0.05, 0.1) is 5.56 Å². The third-order valence-electron chi connectivity index (χ3n) is 2.94. The molecule has 0 aliphatic carbocycles. The Bertz CT molecular complexity index is 758. The van der Waals surface area contributed by atoms with E-state index in [9.17, 15) is 9.18 Å². The molecule has 6 heteroatoms. The van der Waals surface area contributed by atoms with Crippen molar-refractivity contribution in [2.24, 2.45) is 0 Å². The molecule has 1 unspecified atom stereocenters. The monoisotopic (exact) mass is 333 g/mol. The van der Waals surface area contributed by atoms with Crippen LogP contribution in [-0.4, -0.2) is 18.7 Å². The first-order valence-corrected chi connectivity index (χ1v) is 7.20. The molecule has 0 bridgehead atoms. The normalized spacial score (nSPS) is 11.6. The summed E-state index contributed by atoms with van der Waals surface area (Å²) in [7, 11) is 0. The Morgan fingerprint density at radius 2 is 2.13 bits per heavy atom. The third-order valence-corrected chi connectivity index (χ3v) is 3.17. The Balaban J connectivity index is 2.29. The van der Waals surface area contributed by atoms with Gasteiger partial charge < -0.3 is 9.47 Å². The Kier molecular flexibility index (Phi) is 5.69. The van der Waals surface area contributed by atoms with Crippen LogP contribution < -0.4 is 4.74 Å². The van der Waals surface area contributed by atoms with Crippen molar-refractivity contribution in [3.05, 3.63) is 64.4 Å². The van der Waals surface area contributed by atoms with Crippen LogP contribution in [0.3, 0.4) is 0 Å². The number of rotatable bonds is 6. The molecule has 0 saturated carbocycles. The maximum Gasteiger partial charge on any atom is 0.264 e. The second kappa shape index (κ2) is 7.73. The number of ketones is 1. The highest BCUT2D eigenvalue weighted by atomic mass is 35.5. The van der Waals surface area contributed by atoms with Gasteiger partial charge in [-0.2, -0.15) is 5.26 Å². The van der Waals surface area contributed by atoms with Crippen molar-refractivity contribution in [3.8, 4) is 11.8 Å². The quantitative estimate of drug-likeness (QED) is 0.592. The van der Waals surface area contributed by atoms with Crippen LogP contribution in [0, 0.1) is 17.1 Å². The average molecular weight is 334 g/mol. The van der Waals surface area contributed by atoms with E-state index in [-0.39, 0.29) is 23.5 Å². The van der Waals surface area contributed by atoms with Crippen LogP contribution in [-0.2, 0) is 4.74 Å². The molecule has 2 aromatic carbocycles. The summed E-state index contributed by atoms with van der Waals surface area (Å²) in [4.78, 5) is 12.4. The zero-order valence-corrected chi connectivity index (χ0v) is 13.0. The van der Waals surface area contributed by atoms with Crippen molar-refractivity contribution in [2.45, 2.75) is 13.2 Å². The number of nitriles is 1. The van der Waals surface area contributed by atoms with Crippen LogP contribution >= 0.6 is 11.6 Å². The number of hydrogen-bond donors (Lipinski definition) is 0. The molecule has 0 aliphatic heterocycles. The Morgan fingerprint density at radius 1 is 1.35 bits per heavy atom. The third kappa shape index (κ3) is 4.28. The van der Waals surface area contributed by atoms with E-state index in [1.165, 1.54) is 36.4 Å². The lowest BCUT2D eigenvalue weighted by Crippen LogP contribution is -2.31. The van der Waals surface area contributed by atoms with Crippen molar-refractivity contribution >= 4 is 17.4 Å². The SMILES string of the molecule is CCOC(Oc1ccc(Cl)cc1C#N)C(=O)c1cccc(F)c1. The van der Waals surface area contributed by atoms with Crippen LogP contribution in [0.5, 0.6) is 5.75 Å². The maximum absolute atomic E-state index is 13.3. The van der Waals surface area contributed by atoms with E-state index in [0.29, 0.717) is 5.02 Å². The first-order valence-electron chi connectivity index (χ1n) is 6.83. The highest BCUT2D eigenvalue weighted by Crippen LogP contribution is 2.24. The zero-order valence-electron chi connectivity index (χ0n) is 12.3. The summed E-state index contributed by atoms with van der Waals surface area (Å²) < 4.78 is 24.1. The van der Waals surface area contributed by atoms with Crippen molar-refractivity contribution in [2.75, 3.05) is 6.61 Å². The standard InChI is InChI=1S/C17H13ClFNO3/c1-2-22-17(16(21)11-4-3-5-14(19)9-11)23-15-7-6-13(18)8-12(15)10-20/h3-9,17H,2H2,1H3. The summed E-state index contributed by atoms with van der Waals surface area (Å²) in [6.07, 6.45) is -1.28. The lowest BCUT2D eigenvalue weighted by molar-refractivity contribution is -0.0515. The van der Waals surface area contributed by atoms with Gasteiger partial charge in [0.2, 0.25) is 5.78 Å². The van der Waals surface area contributed by atoms with Crippen molar-refractivity contribution < 1.29 is 18.7 Å². The molecule has 0 heterocycles. The zero-order chi connectivity index (χ0) is 16.8. The number of benzene rings is 2. The first-order chi connectivity index (χ1) is 11.0. The summed E-state index contributed by atoms with van der Waals surface area (Å²) in [5, 5.41) is 9.49. The molecule has 0 aromatic heterocycles. The highest BCUT2D eigenvalue weighted by Gasteiger charge is 2.24. The van der Waals surface area contributed by atoms with E-state index in [0.717, 1.165) is 6.07 Å². The Hall–Kier alpha value is -2.42. The molecule has 0 fully saturated rings. The van der Waals surface area contributed by atoms with E-state index in [2.05, 4.69) is 0 Å². The Morgan fingerprint density at radius 3 is 2.78 bits per heavy atom. The number of ether oxygens (including phenoxy) is 2. The summed E-state index contributed by atoms with van der Waals surface area (Å²) in [5.74, 6) is -0.902. The number of carbonyl (C=O) groups excluding carboxylic acids is 1. The predicted molar refractivity (Wildman–Crippen MR) is 82.9 cm³/mol. The highest BCUT2D eigenvalue weighted by molar-refractivity contribution is 6.30. The lowest BCUT2D eigenvalue weighted by atomic mass is 10.1. The summed E-state index contributed by atoms with van der Waals surface area (Å²) >= 11 is 5.82. The van der Waals surface area contributed by atoms with Gasteiger partial charge in [-0.25, -0.2) is 4.39 Å². The van der Waals surface area contributed by atoms with E-state index in [4.69, 9.17) is 26.3 Å². The molecular formula is C17H13ClFNO3. The molecule has 0 saturated heterocycles. The van der Waals surface area contributed by atoms with Gasteiger partial charge in [-0.15, -0.1) is 0 Å². The molecule has 2 rings (SSSR count). The van der Waals surface area contributed by atoms with Crippen LogP contribution in [0.4, 0.5) is 4.39 Å².